The molecule has 0 aliphatic heterocycles. The summed E-state index contributed by atoms with van der Waals surface area (Å²) in [7, 11) is 0. The molecule has 0 fully saturated rings. The van der Waals surface area contributed by atoms with Crippen LogP contribution in [0.1, 0.15) is 45.4 Å². The first-order chi connectivity index (χ1) is 7.18. The summed E-state index contributed by atoms with van der Waals surface area (Å²) in [6.07, 6.45) is 7.05. The third kappa shape index (κ3) is 10.1. The van der Waals surface area contributed by atoms with Gasteiger partial charge in [0.15, 0.2) is 0 Å². The van der Waals surface area contributed by atoms with Gasteiger partial charge in [0, 0.05) is 0 Å². The normalized spacial score (nSPS) is 12.7. The van der Waals surface area contributed by atoms with E-state index in [1.807, 2.05) is 11.8 Å². The molecule has 0 heterocycles. The third-order valence-corrected chi connectivity index (χ3v) is 3.38. The van der Waals surface area contributed by atoms with Crippen LogP contribution in [-0.4, -0.2) is 28.6 Å². The van der Waals surface area contributed by atoms with Gasteiger partial charge in [0.25, 0.3) is 0 Å². The summed E-state index contributed by atoms with van der Waals surface area (Å²) >= 11 is 1.81. The first-order valence-electron chi connectivity index (χ1n) is 5.74. The van der Waals surface area contributed by atoms with E-state index in [1.165, 1.54) is 32.1 Å². The number of carboxylic acids is 1. The van der Waals surface area contributed by atoms with E-state index in [0.717, 1.165) is 11.5 Å². The molecule has 0 bridgehead atoms. The molecule has 0 aromatic rings. The van der Waals surface area contributed by atoms with Gasteiger partial charge in [-0.1, -0.05) is 32.6 Å². The molecule has 3 nitrogen and oxygen atoms in total. The number of unbranched alkanes of at least 4 members (excludes halogenated alkanes) is 4. The van der Waals surface area contributed by atoms with Crippen LogP contribution in [0.25, 0.3) is 0 Å². The standard InChI is InChI=1S/C11H23NO2S/c1-2-3-4-5-6-8-15-9-7-10(12)11(13)14/h10H,2-9,12H2,1H3,(H,13,14). The van der Waals surface area contributed by atoms with Crippen molar-refractivity contribution in [2.24, 2.45) is 5.73 Å². The number of rotatable bonds is 10. The van der Waals surface area contributed by atoms with Crippen molar-refractivity contribution >= 4 is 17.7 Å². The maximum absolute atomic E-state index is 10.4. The van der Waals surface area contributed by atoms with Crippen LogP contribution in [-0.2, 0) is 4.79 Å². The first-order valence-corrected chi connectivity index (χ1v) is 6.90. The van der Waals surface area contributed by atoms with Crippen molar-refractivity contribution < 1.29 is 9.90 Å². The Morgan fingerprint density at radius 2 is 1.93 bits per heavy atom. The lowest BCUT2D eigenvalue weighted by atomic mass is 10.2. The average Bonchev–Trinajstić information content (AvgIpc) is 2.21. The zero-order valence-electron chi connectivity index (χ0n) is 9.58. The molecule has 0 amide bonds. The van der Waals surface area contributed by atoms with Crippen LogP contribution in [0.4, 0.5) is 0 Å². The van der Waals surface area contributed by atoms with Crippen molar-refractivity contribution in [2.75, 3.05) is 11.5 Å². The van der Waals surface area contributed by atoms with Crippen LogP contribution in [0.15, 0.2) is 0 Å². The number of carboxylic acid groups (broad SMARTS) is 1. The van der Waals surface area contributed by atoms with Crippen LogP contribution >= 0.6 is 11.8 Å². The van der Waals surface area contributed by atoms with Crippen molar-refractivity contribution in [1.82, 2.24) is 0 Å². The van der Waals surface area contributed by atoms with Gasteiger partial charge in [0.1, 0.15) is 6.04 Å². The first kappa shape index (κ1) is 14.8. The van der Waals surface area contributed by atoms with Gasteiger partial charge in [-0.3, -0.25) is 4.79 Å². The van der Waals surface area contributed by atoms with Crippen LogP contribution in [0.2, 0.25) is 0 Å². The zero-order chi connectivity index (χ0) is 11.5. The van der Waals surface area contributed by atoms with Gasteiger partial charge in [0.05, 0.1) is 0 Å². The van der Waals surface area contributed by atoms with Crippen molar-refractivity contribution in [3.05, 3.63) is 0 Å². The summed E-state index contributed by atoms with van der Waals surface area (Å²) in [4.78, 5) is 10.4. The van der Waals surface area contributed by atoms with Crippen molar-refractivity contribution in [3.63, 3.8) is 0 Å². The molecule has 0 saturated heterocycles. The Bertz CT molecular complexity index is 165. The van der Waals surface area contributed by atoms with Crippen molar-refractivity contribution in [2.45, 2.75) is 51.5 Å². The van der Waals surface area contributed by atoms with Crippen LogP contribution in [0.3, 0.4) is 0 Å². The van der Waals surface area contributed by atoms with E-state index in [9.17, 15) is 4.79 Å². The minimum Gasteiger partial charge on any atom is -0.480 e. The van der Waals surface area contributed by atoms with E-state index in [-0.39, 0.29) is 0 Å². The van der Waals surface area contributed by atoms with Gasteiger partial charge in [0.2, 0.25) is 0 Å². The molecule has 0 spiro atoms. The lowest BCUT2D eigenvalue weighted by molar-refractivity contribution is -0.138. The Morgan fingerprint density at radius 3 is 2.53 bits per heavy atom. The minimum absolute atomic E-state index is 0.578. The molecule has 0 aliphatic rings. The SMILES string of the molecule is CCCCCCCSCCC(N)C(=O)O. The van der Waals surface area contributed by atoms with E-state index in [1.54, 1.807) is 0 Å². The minimum atomic E-state index is -0.890. The highest BCUT2D eigenvalue weighted by Gasteiger charge is 2.09. The summed E-state index contributed by atoms with van der Waals surface area (Å²) < 4.78 is 0. The van der Waals surface area contributed by atoms with E-state index in [4.69, 9.17) is 10.8 Å². The second kappa shape index (κ2) is 10.3. The number of thioether (sulfide) groups is 1. The molecule has 0 rings (SSSR count). The summed E-state index contributed by atoms with van der Waals surface area (Å²) in [6.45, 7) is 2.21. The molecule has 1 unspecified atom stereocenters. The van der Waals surface area contributed by atoms with Crippen LogP contribution in [0, 0.1) is 0 Å². The number of hydrogen-bond donors (Lipinski definition) is 2. The fourth-order valence-corrected chi connectivity index (χ4v) is 2.28. The molecule has 0 aliphatic carbocycles. The number of carbonyl (C=O) groups is 1. The lowest BCUT2D eigenvalue weighted by Gasteiger charge is -2.05. The molecule has 4 heteroatoms. The summed E-state index contributed by atoms with van der Waals surface area (Å²) in [5, 5.41) is 8.55. The van der Waals surface area contributed by atoms with Gasteiger partial charge < -0.3 is 10.8 Å². The highest BCUT2D eigenvalue weighted by Crippen LogP contribution is 2.10. The monoisotopic (exact) mass is 233 g/mol. The maximum atomic E-state index is 10.4. The molecular weight excluding hydrogens is 210 g/mol. The summed E-state index contributed by atoms with van der Waals surface area (Å²) in [5.74, 6) is 1.11. The Labute approximate surface area is 96.8 Å². The Hall–Kier alpha value is -0.220. The fraction of sp³-hybridized carbons (Fsp3) is 0.909. The molecular formula is C11H23NO2S. The Morgan fingerprint density at radius 1 is 1.27 bits per heavy atom. The third-order valence-electron chi connectivity index (χ3n) is 2.28. The largest absolute Gasteiger partial charge is 0.480 e. The molecule has 90 valence electrons. The molecule has 1 atom stereocenters. The Kier molecular flexibility index (Phi) is 10.2. The van der Waals surface area contributed by atoms with Crippen LogP contribution < -0.4 is 5.73 Å². The smallest absolute Gasteiger partial charge is 0.320 e. The predicted octanol–water partition coefficient (Wildman–Crippen LogP) is 2.49. The van der Waals surface area contributed by atoms with Crippen molar-refractivity contribution in [1.29, 1.82) is 0 Å². The highest BCUT2D eigenvalue weighted by atomic mass is 32.2. The van der Waals surface area contributed by atoms with Gasteiger partial charge >= 0.3 is 5.97 Å². The topological polar surface area (TPSA) is 63.3 Å². The van der Waals surface area contributed by atoms with Gasteiger partial charge in [-0.15, -0.1) is 0 Å². The van der Waals surface area contributed by atoms with Gasteiger partial charge in [-0.25, -0.2) is 0 Å². The molecule has 0 aromatic heterocycles. The van der Waals surface area contributed by atoms with Crippen LogP contribution in [0.5, 0.6) is 0 Å². The predicted molar refractivity (Wildman–Crippen MR) is 66.3 cm³/mol. The molecule has 0 aromatic carbocycles. The molecule has 3 N–H and O–H groups in total. The van der Waals surface area contributed by atoms with Crippen molar-refractivity contribution in [3.8, 4) is 0 Å². The zero-order valence-corrected chi connectivity index (χ0v) is 10.4. The fourth-order valence-electron chi connectivity index (χ4n) is 1.24. The second-order valence-electron chi connectivity index (χ2n) is 3.76. The highest BCUT2D eigenvalue weighted by molar-refractivity contribution is 7.99. The summed E-state index contributed by atoms with van der Waals surface area (Å²) in [5.41, 5.74) is 5.38. The van der Waals surface area contributed by atoms with E-state index >= 15 is 0 Å². The average molecular weight is 233 g/mol. The molecule has 0 radical (unpaired) electrons. The molecule has 0 saturated carbocycles. The van der Waals surface area contributed by atoms with E-state index in [0.29, 0.717) is 6.42 Å². The van der Waals surface area contributed by atoms with Gasteiger partial charge in [-0.05, 0) is 24.3 Å². The van der Waals surface area contributed by atoms with Gasteiger partial charge in [-0.2, -0.15) is 11.8 Å². The summed E-state index contributed by atoms with van der Waals surface area (Å²) in [6, 6.07) is -0.683. The quantitative estimate of drug-likeness (QED) is 0.569. The number of nitrogens with two attached hydrogens (primary N) is 1. The molecule has 15 heavy (non-hydrogen) atoms. The van der Waals surface area contributed by atoms with E-state index < -0.39 is 12.0 Å². The maximum Gasteiger partial charge on any atom is 0.320 e. The lowest BCUT2D eigenvalue weighted by Crippen LogP contribution is -2.30. The Balaban J connectivity index is 3.08. The number of aliphatic carboxylic acids is 1. The number of hydrogen-bond acceptors (Lipinski definition) is 3. The second-order valence-corrected chi connectivity index (χ2v) is 4.98. The van der Waals surface area contributed by atoms with E-state index in [2.05, 4.69) is 6.92 Å².